The number of ketones is 1. The Bertz CT molecular complexity index is 2920. The normalized spacial score (nSPS) is 29.9. The smallest absolute Gasteiger partial charge is 0.315 e. The number of ether oxygens (including phenoxy) is 5. The fraction of sp³-hybridized carbons (Fsp3) is 0.552. The van der Waals surface area contributed by atoms with Gasteiger partial charge in [-0.05, 0) is 38.0 Å². The fourth-order valence-corrected chi connectivity index (χ4v) is 11.4. The SMILES string of the molecule is CO[C@H]1/C=C/O[C@@]2(C)Oc3c(C)c(O)c4c(O)c(c5c(c4c3C2=O)NC2(CCN(CC(C)C)CC2)N=5)=NC(=O)/C(C)=C\C=C\[C@H](C)[C@H](O)[C@@H](C)[C@@H](O)[C@@H](C)[C@H](OC(=O)CC(=O)N2CCC(Oc3ccccc3)CC2)[C@@H]1C. The van der Waals surface area contributed by atoms with E-state index >= 15 is 0 Å². The minimum atomic E-state index is -2.02. The minimum absolute atomic E-state index is 0.0228. The number of carbonyl (C=O) groups is 4. The van der Waals surface area contributed by atoms with Crippen molar-refractivity contribution in [1.29, 1.82) is 0 Å². The molecule has 6 aliphatic rings. The van der Waals surface area contributed by atoms with Crippen molar-refractivity contribution in [3.8, 4) is 23.0 Å². The Morgan fingerprint density at radius 1 is 0.895 bits per heavy atom. The quantitative estimate of drug-likeness (QED) is 0.0961. The molecule has 76 heavy (non-hydrogen) atoms. The number of nitrogens with zero attached hydrogens (tertiary/aromatic N) is 4. The van der Waals surface area contributed by atoms with Crippen molar-refractivity contribution in [1.82, 2.24) is 9.80 Å². The molecule has 0 saturated carbocycles. The Kier molecular flexibility index (Phi) is 16.7. The summed E-state index contributed by atoms with van der Waals surface area (Å²) in [4.78, 5) is 70.1. The zero-order valence-corrected chi connectivity index (χ0v) is 45.4. The van der Waals surface area contributed by atoms with Gasteiger partial charge < -0.3 is 59.2 Å². The van der Waals surface area contributed by atoms with E-state index in [1.807, 2.05) is 30.3 Å². The molecule has 5 N–H and O–H groups in total. The topological polar surface area (TPSA) is 239 Å². The van der Waals surface area contributed by atoms with Crippen LogP contribution in [0, 0.1) is 36.5 Å². The molecule has 0 aliphatic carbocycles. The van der Waals surface area contributed by atoms with Crippen LogP contribution in [0.2, 0.25) is 0 Å². The summed E-state index contributed by atoms with van der Waals surface area (Å²) in [5.74, 6) is -7.21. The molecule has 9 rings (SSSR count). The van der Waals surface area contributed by atoms with Crippen molar-refractivity contribution in [2.75, 3.05) is 45.2 Å². The van der Waals surface area contributed by atoms with Gasteiger partial charge in [-0.2, -0.15) is 0 Å². The number of benzene rings is 3. The lowest BCUT2D eigenvalue weighted by Gasteiger charge is -2.38. The molecule has 0 unspecified atom stereocenters. The predicted octanol–water partition coefficient (Wildman–Crippen LogP) is 6.19. The number of hydrogen-bond donors (Lipinski definition) is 5. The average Bonchev–Trinajstić information content (AvgIpc) is 3.90. The van der Waals surface area contributed by atoms with Crippen LogP contribution in [0.25, 0.3) is 10.8 Å². The number of rotatable bonds is 8. The van der Waals surface area contributed by atoms with E-state index in [-0.39, 0.29) is 50.0 Å². The molecule has 2 fully saturated rings. The first kappa shape index (κ1) is 55.9. The van der Waals surface area contributed by atoms with E-state index < -0.39 is 101 Å². The molecule has 3 aromatic rings. The van der Waals surface area contributed by atoms with E-state index in [2.05, 4.69) is 29.1 Å². The third-order valence-electron chi connectivity index (χ3n) is 16.0. The Labute approximate surface area is 444 Å². The van der Waals surface area contributed by atoms with E-state index in [1.165, 1.54) is 32.4 Å². The van der Waals surface area contributed by atoms with Crippen LogP contribution in [0.5, 0.6) is 23.0 Å². The Morgan fingerprint density at radius 3 is 2.24 bits per heavy atom. The average molecular weight is 1050 g/mol. The second kappa shape index (κ2) is 22.7. The summed E-state index contributed by atoms with van der Waals surface area (Å²) in [5.41, 5.74) is -0.255. The van der Waals surface area contributed by atoms with Crippen LogP contribution < -0.4 is 25.5 Å². The number of piperidine rings is 2. The van der Waals surface area contributed by atoms with Crippen molar-refractivity contribution in [3.05, 3.63) is 88.3 Å². The number of Topliss-reactive ketones (excluding diaryl/α,β-unsaturated/α-hetero) is 1. The molecule has 0 radical (unpaired) electrons. The number of nitrogens with one attached hydrogen (secondary N) is 1. The molecule has 2 amide bonds. The number of hydrogen-bond acceptors (Lipinski definition) is 16. The van der Waals surface area contributed by atoms with Gasteiger partial charge in [0.05, 0.1) is 41.2 Å². The first-order chi connectivity index (χ1) is 36.1. The molecular formula is C58H75N5O13. The molecule has 0 aromatic heterocycles. The lowest BCUT2D eigenvalue weighted by molar-refractivity contribution is -0.165. The van der Waals surface area contributed by atoms with Crippen molar-refractivity contribution >= 4 is 40.0 Å². The van der Waals surface area contributed by atoms with Gasteiger partial charge in [0.2, 0.25) is 5.91 Å². The van der Waals surface area contributed by atoms with Gasteiger partial charge in [0.15, 0.2) is 5.75 Å². The summed E-state index contributed by atoms with van der Waals surface area (Å²) < 4.78 is 30.8. The van der Waals surface area contributed by atoms with E-state index in [0.717, 1.165) is 12.3 Å². The van der Waals surface area contributed by atoms with Crippen molar-refractivity contribution < 1.29 is 63.3 Å². The number of para-hydroxylation sites is 1. The molecule has 1 spiro atoms. The van der Waals surface area contributed by atoms with Gasteiger partial charge in [-0.15, -0.1) is 0 Å². The Morgan fingerprint density at radius 2 is 1.58 bits per heavy atom. The maximum absolute atomic E-state index is 15.0. The summed E-state index contributed by atoms with van der Waals surface area (Å²) in [5, 5.41) is 51.5. The third kappa shape index (κ3) is 11.2. The van der Waals surface area contributed by atoms with E-state index in [1.54, 1.807) is 58.6 Å². The minimum Gasteiger partial charge on any atom is -0.507 e. The predicted molar refractivity (Wildman–Crippen MR) is 283 cm³/mol. The van der Waals surface area contributed by atoms with Crippen LogP contribution in [-0.4, -0.2) is 136 Å². The lowest BCUT2D eigenvalue weighted by atomic mass is 9.78. The summed E-state index contributed by atoms with van der Waals surface area (Å²) in [6.45, 7) is 18.8. The van der Waals surface area contributed by atoms with Gasteiger partial charge in [-0.1, -0.05) is 78.0 Å². The number of aliphatic hydroxyl groups is 2. The number of allylic oxidation sites excluding steroid dienone is 2. The fourth-order valence-electron chi connectivity index (χ4n) is 11.4. The van der Waals surface area contributed by atoms with Gasteiger partial charge in [0.1, 0.15) is 52.3 Å². The van der Waals surface area contributed by atoms with Crippen LogP contribution in [0.3, 0.4) is 0 Å². The number of esters is 1. The standard InChI is InChI=1S/C58H75N5O13/c1-31(2)30-62-26-22-58(23-27-62)60-46-43-44-51(68)37(8)54-45(43)55(70)57(9,76-54)73-28-21-40(72-10)34(5)53(75-42(65)29-41(64)63-24-19-39(20-25-63)74-38-17-12-11-13-18-38)36(7)50(67)35(6)49(66)32(3)15-14-16-33(4)56(71)59-48(52(44)69)47(46)61-58/h11-18,21,28,31-32,34-36,39-40,49-50,53,60,66-69H,19-20,22-27,29-30H2,1-10H3/b15-14+,28-21+,33-16-,59-48?/t32-,34+,35+,36+,40-,49-,50+,53+,57-/m0/s1. The maximum Gasteiger partial charge on any atom is 0.315 e. The van der Waals surface area contributed by atoms with E-state index in [4.69, 9.17) is 28.7 Å². The van der Waals surface area contributed by atoms with Crippen molar-refractivity contribution in [2.45, 2.75) is 136 Å². The third-order valence-corrected chi connectivity index (χ3v) is 16.0. The summed E-state index contributed by atoms with van der Waals surface area (Å²) >= 11 is 0. The van der Waals surface area contributed by atoms with Gasteiger partial charge in [-0.25, -0.2) is 4.99 Å². The first-order valence-electron chi connectivity index (χ1n) is 26.7. The zero-order chi connectivity index (χ0) is 55.0. The molecule has 5 bridgehead atoms. The highest BCUT2D eigenvalue weighted by atomic mass is 16.7. The highest BCUT2D eigenvalue weighted by Gasteiger charge is 2.51. The summed E-state index contributed by atoms with van der Waals surface area (Å²) in [6.07, 6.45) is 4.88. The lowest BCUT2D eigenvalue weighted by Crippen LogP contribution is -2.47. The van der Waals surface area contributed by atoms with Crippen LogP contribution in [0.4, 0.5) is 5.69 Å². The van der Waals surface area contributed by atoms with Crippen molar-refractivity contribution in [2.24, 2.45) is 39.6 Å². The largest absolute Gasteiger partial charge is 0.507 e. The van der Waals surface area contributed by atoms with Gasteiger partial charge in [0.25, 0.3) is 11.7 Å². The number of methoxy groups -OCH3 is 1. The summed E-state index contributed by atoms with van der Waals surface area (Å²) in [6, 6.07) is 9.46. The second-order valence-electron chi connectivity index (χ2n) is 22.0. The number of fused-ring (bicyclic) bond motifs is 13. The molecular weight excluding hydrogens is 975 g/mol. The molecule has 6 heterocycles. The van der Waals surface area contributed by atoms with Gasteiger partial charge >= 0.3 is 11.8 Å². The van der Waals surface area contributed by atoms with Crippen molar-refractivity contribution in [3.63, 3.8) is 0 Å². The number of aromatic hydroxyl groups is 2. The van der Waals surface area contributed by atoms with E-state index in [0.29, 0.717) is 63.5 Å². The maximum atomic E-state index is 15.0. The second-order valence-corrected chi connectivity index (χ2v) is 22.0. The molecule has 6 aliphatic heterocycles. The molecule has 9 atom stereocenters. The van der Waals surface area contributed by atoms with Gasteiger partial charge in [-0.3, -0.25) is 24.2 Å². The van der Waals surface area contributed by atoms with Gasteiger partial charge in [0, 0.05) is 113 Å². The van der Waals surface area contributed by atoms with Crippen LogP contribution in [0.15, 0.2) is 76.5 Å². The highest BCUT2D eigenvalue weighted by molar-refractivity contribution is 6.21. The Balaban J connectivity index is 1.14. The molecule has 3 aromatic carbocycles. The molecule has 18 heteroatoms. The zero-order valence-electron chi connectivity index (χ0n) is 45.4. The van der Waals surface area contributed by atoms with Crippen LogP contribution >= 0.6 is 0 Å². The number of likely N-dealkylation sites (tertiary alicyclic amines) is 2. The number of carbonyl (C=O) groups excluding carboxylic acids is 4. The first-order valence-corrected chi connectivity index (χ1v) is 26.7. The molecule has 410 valence electrons. The van der Waals surface area contributed by atoms with E-state index in [9.17, 15) is 39.6 Å². The number of phenolic OH excluding ortho intramolecular Hbond substituents is 2. The summed E-state index contributed by atoms with van der Waals surface area (Å²) in [7, 11) is 1.44. The number of aliphatic hydroxyl groups excluding tert-OH is 2. The van der Waals surface area contributed by atoms with Crippen LogP contribution in [0.1, 0.15) is 103 Å². The number of phenols is 2. The number of anilines is 1. The van der Waals surface area contributed by atoms with Crippen LogP contribution in [-0.2, 0) is 28.6 Å². The monoisotopic (exact) mass is 1050 g/mol. The highest BCUT2D eigenvalue weighted by Crippen LogP contribution is 2.51. The number of amides is 2. The molecule has 2 saturated heterocycles. The molecule has 18 nitrogen and oxygen atoms in total. The Hall–Kier alpha value is -6.34.